The monoisotopic (exact) mass is 463 g/mol. The van der Waals surface area contributed by atoms with E-state index in [1.807, 2.05) is 11.3 Å². The molecule has 1 aromatic rings. The van der Waals surface area contributed by atoms with Gasteiger partial charge in [-0.05, 0) is 18.4 Å². The number of hydrogen-bond donors (Lipinski definition) is 2. The van der Waals surface area contributed by atoms with E-state index in [0.29, 0.717) is 12.0 Å². The molecule has 3 aliphatic heterocycles. The summed E-state index contributed by atoms with van der Waals surface area (Å²) in [5.74, 6) is 1.43. The molecule has 136 valence electrons. The molecule has 0 aliphatic carbocycles. The zero-order valence-corrected chi connectivity index (χ0v) is 17.8. The third kappa shape index (κ3) is 5.31. The summed E-state index contributed by atoms with van der Waals surface area (Å²) < 4.78 is 0. The molecule has 2 N–H and O–H groups in total. The molecule has 24 heavy (non-hydrogen) atoms. The van der Waals surface area contributed by atoms with Crippen molar-refractivity contribution in [2.24, 2.45) is 4.99 Å². The van der Waals surface area contributed by atoms with Gasteiger partial charge in [-0.2, -0.15) is 0 Å². The van der Waals surface area contributed by atoms with E-state index in [2.05, 4.69) is 51.8 Å². The number of aliphatic imine (C=N–C) groups is 1. The van der Waals surface area contributed by atoms with Crippen LogP contribution >= 0.6 is 35.3 Å². The van der Waals surface area contributed by atoms with Crippen LogP contribution in [0, 0.1) is 0 Å². The molecule has 3 fully saturated rings. The van der Waals surface area contributed by atoms with Crippen LogP contribution in [0.25, 0.3) is 0 Å². The van der Waals surface area contributed by atoms with E-state index in [9.17, 15) is 0 Å². The summed E-state index contributed by atoms with van der Waals surface area (Å²) in [6.45, 7) is 13.2. The van der Waals surface area contributed by atoms with Crippen LogP contribution in [0.5, 0.6) is 0 Å². The van der Waals surface area contributed by atoms with Gasteiger partial charge in [0.2, 0.25) is 0 Å². The smallest absolute Gasteiger partial charge is 0.191 e. The molecule has 2 unspecified atom stereocenters. The van der Waals surface area contributed by atoms with E-state index < -0.39 is 0 Å². The van der Waals surface area contributed by atoms with Crippen molar-refractivity contribution in [2.75, 3.05) is 52.4 Å². The van der Waals surface area contributed by atoms with E-state index in [0.717, 1.165) is 25.6 Å². The Morgan fingerprint density at radius 2 is 2.12 bits per heavy atom. The molecule has 2 bridgehead atoms. The van der Waals surface area contributed by atoms with Crippen molar-refractivity contribution in [3.63, 3.8) is 0 Å². The molecule has 2 atom stereocenters. The third-order valence-corrected chi connectivity index (χ3v) is 5.90. The predicted molar refractivity (Wildman–Crippen MR) is 114 cm³/mol. The zero-order valence-electron chi connectivity index (χ0n) is 14.7. The number of thiophene rings is 1. The highest BCUT2D eigenvalue weighted by molar-refractivity contribution is 14.0. The molecule has 1 aromatic heterocycles. The highest BCUT2D eigenvalue weighted by atomic mass is 127. The maximum Gasteiger partial charge on any atom is 0.191 e. The van der Waals surface area contributed by atoms with E-state index in [4.69, 9.17) is 4.99 Å². The molecule has 5 nitrogen and oxygen atoms in total. The van der Waals surface area contributed by atoms with Crippen molar-refractivity contribution >= 4 is 41.3 Å². The Bertz CT molecular complexity index is 499. The van der Waals surface area contributed by atoms with Crippen LogP contribution in [0.4, 0.5) is 0 Å². The van der Waals surface area contributed by atoms with Crippen LogP contribution in [0.1, 0.15) is 24.6 Å². The number of nitrogens with zero attached hydrogens (tertiary/aromatic N) is 3. The first-order chi connectivity index (χ1) is 11.3. The fourth-order valence-corrected chi connectivity index (χ4v) is 4.14. The highest BCUT2D eigenvalue weighted by Gasteiger charge is 2.31. The van der Waals surface area contributed by atoms with Crippen LogP contribution in [0.3, 0.4) is 0 Å². The van der Waals surface area contributed by atoms with Crippen LogP contribution in [0.2, 0.25) is 0 Å². The maximum atomic E-state index is 4.78. The number of nitrogens with one attached hydrogen (secondary N) is 2. The van der Waals surface area contributed by atoms with Gasteiger partial charge in [-0.25, -0.2) is 0 Å². The lowest BCUT2D eigenvalue weighted by atomic mass is 10.1. The first-order valence-electron chi connectivity index (χ1n) is 8.78. The maximum absolute atomic E-state index is 4.78. The SMILES string of the molecule is CCNC(=NCC(C)c1cccs1)NCC1CN2CCN1CC2.I. The standard InChI is InChI=1S/C17H29N5S.HI/c1-3-18-17(19-11-14(2)16-5-4-10-23-16)20-12-15-13-21-6-8-22(15)9-7-21;/h4-5,10,14-15H,3,6-9,11-13H2,1-2H3,(H2,18,19,20);1H. The average molecular weight is 463 g/mol. The third-order valence-electron chi connectivity index (χ3n) is 4.79. The Morgan fingerprint density at radius 1 is 1.33 bits per heavy atom. The summed E-state index contributed by atoms with van der Waals surface area (Å²) in [6, 6.07) is 4.94. The van der Waals surface area contributed by atoms with Crippen LogP contribution in [-0.2, 0) is 0 Å². The number of piperazine rings is 3. The van der Waals surface area contributed by atoms with Gasteiger partial charge in [-0.15, -0.1) is 35.3 Å². The summed E-state index contributed by atoms with van der Waals surface area (Å²) in [4.78, 5) is 11.4. The summed E-state index contributed by atoms with van der Waals surface area (Å²) in [5.41, 5.74) is 0. The lowest BCUT2D eigenvalue weighted by molar-refractivity contribution is 0.0154. The number of guanidine groups is 1. The largest absolute Gasteiger partial charge is 0.357 e. The van der Waals surface area contributed by atoms with Gasteiger partial charge in [0, 0.05) is 62.7 Å². The van der Waals surface area contributed by atoms with Crippen molar-refractivity contribution in [3.8, 4) is 0 Å². The van der Waals surface area contributed by atoms with Crippen LogP contribution in [-0.4, -0.2) is 74.2 Å². The Morgan fingerprint density at radius 3 is 2.71 bits per heavy atom. The fraction of sp³-hybridized carbons (Fsp3) is 0.706. The molecular formula is C17H30IN5S. The molecule has 0 radical (unpaired) electrons. The Kier molecular flexibility index (Phi) is 8.25. The second-order valence-electron chi connectivity index (χ2n) is 6.51. The first-order valence-corrected chi connectivity index (χ1v) is 9.66. The number of rotatable bonds is 6. The minimum Gasteiger partial charge on any atom is -0.357 e. The van der Waals surface area contributed by atoms with Gasteiger partial charge in [0.25, 0.3) is 0 Å². The van der Waals surface area contributed by atoms with Crippen molar-refractivity contribution in [3.05, 3.63) is 22.4 Å². The molecule has 4 rings (SSSR count). The Balaban J connectivity index is 0.00000208. The molecule has 3 aliphatic rings. The lowest BCUT2D eigenvalue weighted by Crippen LogP contribution is -2.63. The fourth-order valence-electron chi connectivity index (χ4n) is 3.36. The Labute approximate surface area is 166 Å². The Hall–Kier alpha value is -0.380. The van der Waals surface area contributed by atoms with Crippen molar-refractivity contribution in [2.45, 2.75) is 25.8 Å². The molecule has 7 heteroatoms. The highest BCUT2D eigenvalue weighted by Crippen LogP contribution is 2.20. The number of fused-ring (bicyclic) bond motifs is 3. The zero-order chi connectivity index (χ0) is 16.1. The second-order valence-corrected chi connectivity index (χ2v) is 7.49. The normalized spacial score (nSPS) is 27.4. The van der Waals surface area contributed by atoms with Crippen molar-refractivity contribution in [1.82, 2.24) is 20.4 Å². The molecule has 0 amide bonds. The summed E-state index contributed by atoms with van der Waals surface area (Å²) in [6.07, 6.45) is 0. The predicted octanol–water partition coefficient (Wildman–Crippen LogP) is 2.02. The lowest BCUT2D eigenvalue weighted by Gasteiger charge is -2.47. The van der Waals surface area contributed by atoms with Crippen molar-refractivity contribution in [1.29, 1.82) is 0 Å². The van der Waals surface area contributed by atoms with Crippen LogP contribution in [0.15, 0.2) is 22.5 Å². The first kappa shape index (κ1) is 19.9. The molecule has 3 saturated heterocycles. The molecule has 0 spiro atoms. The molecule has 0 saturated carbocycles. The van der Waals surface area contributed by atoms with E-state index in [-0.39, 0.29) is 24.0 Å². The second kappa shape index (κ2) is 9.94. The van der Waals surface area contributed by atoms with Gasteiger partial charge < -0.3 is 10.6 Å². The number of halogens is 1. The molecule has 0 aromatic carbocycles. The van der Waals surface area contributed by atoms with Crippen LogP contribution < -0.4 is 10.6 Å². The summed E-state index contributed by atoms with van der Waals surface area (Å²) >= 11 is 1.82. The summed E-state index contributed by atoms with van der Waals surface area (Å²) in [7, 11) is 0. The van der Waals surface area contributed by atoms with E-state index in [1.54, 1.807) is 0 Å². The van der Waals surface area contributed by atoms with Gasteiger partial charge in [0.15, 0.2) is 5.96 Å². The average Bonchev–Trinajstić information content (AvgIpc) is 3.13. The summed E-state index contributed by atoms with van der Waals surface area (Å²) in [5, 5.41) is 9.07. The minimum atomic E-state index is 0. The topological polar surface area (TPSA) is 42.9 Å². The van der Waals surface area contributed by atoms with Gasteiger partial charge in [0.1, 0.15) is 0 Å². The van der Waals surface area contributed by atoms with Gasteiger partial charge >= 0.3 is 0 Å². The minimum absolute atomic E-state index is 0. The van der Waals surface area contributed by atoms with Gasteiger partial charge in [-0.3, -0.25) is 14.8 Å². The quantitative estimate of drug-likeness (QED) is 0.385. The molecule has 4 heterocycles. The van der Waals surface area contributed by atoms with Gasteiger partial charge in [-0.1, -0.05) is 13.0 Å². The molecular weight excluding hydrogens is 433 g/mol. The van der Waals surface area contributed by atoms with Crippen molar-refractivity contribution < 1.29 is 0 Å². The van der Waals surface area contributed by atoms with E-state index >= 15 is 0 Å². The van der Waals surface area contributed by atoms with E-state index in [1.165, 1.54) is 37.6 Å². The van der Waals surface area contributed by atoms with Gasteiger partial charge in [0.05, 0.1) is 6.54 Å². The number of hydrogen-bond acceptors (Lipinski definition) is 4.